The fourth-order valence-corrected chi connectivity index (χ4v) is 6.32. The van der Waals surface area contributed by atoms with E-state index in [9.17, 15) is 9.59 Å². The monoisotopic (exact) mass is 494 g/mol. The van der Waals surface area contributed by atoms with Crippen molar-refractivity contribution >= 4 is 55.6 Å². The molecule has 3 heterocycles. The summed E-state index contributed by atoms with van der Waals surface area (Å²) in [5.41, 5.74) is 4.30. The van der Waals surface area contributed by atoms with Crippen LogP contribution >= 0.6 is 34.4 Å². The summed E-state index contributed by atoms with van der Waals surface area (Å²) in [6.07, 6.45) is 0.757. The fraction of sp³-hybridized carbons (Fsp3) is 0.250. The first-order valence-corrected chi connectivity index (χ1v) is 13.0. The number of aromatic nitrogens is 2. The quantitative estimate of drug-likeness (QED) is 0.278. The van der Waals surface area contributed by atoms with Crippen LogP contribution in [0.5, 0.6) is 0 Å². The van der Waals surface area contributed by atoms with Crippen LogP contribution in [0, 0.1) is 32.1 Å². The number of anilines is 1. The zero-order valence-corrected chi connectivity index (χ0v) is 21.1. The zero-order valence-electron chi connectivity index (χ0n) is 18.7. The fourth-order valence-electron chi connectivity index (χ4n) is 3.60. The first kappa shape index (κ1) is 23.2. The van der Waals surface area contributed by atoms with Crippen LogP contribution in [0.25, 0.3) is 15.9 Å². The molecule has 9 heteroatoms. The van der Waals surface area contributed by atoms with Crippen molar-refractivity contribution in [2.75, 3.05) is 11.1 Å². The predicted molar refractivity (Wildman–Crippen MR) is 137 cm³/mol. The minimum absolute atomic E-state index is 0.0660. The molecule has 0 unspecified atom stereocenters. The molecule has 4 rings (SSSR count). The Kier molecular flexibility index (Phi) is 6.70. The number of nitriles is 1. The average molecular weight is 495 g/mol. The number of hydrogen-bond acceptors (Lipinski definition) is 7. The van der Waals surface area contributed by atoms with Gasteiger partial charge in [-0.15, -0.1) is 22.7 Å². The van der Waals surface area contributed by atoms with E-state index >= 15 is 0 Å². The number of nitrogens with zero attached hydrogens (tertiary/aromatic N) is 3. The van der Waals surface area contributed by atoms with Gasteiger partial charge in [-0.3, -0.25) is 14.2 Å². The molecule has 0 aliphatic carbocycles. The molecule has 4 aromatic rings. The van der Waals surface area contributed by atoms with E-state index in [-0.39, 0.29) is 17.2 Å². The normalized spacial score (nSPS) is 11.0. The maximum absolute atomic E-state index is 13.7. The molecule has 0 aliphatic heterocycles. The van der Waals surface area contributed by atoms with Gasteiger partial charge in [-0.25, -0.2) is 4.98 Å². The SMILES string of the molecule is CCc1c(C)sc2nc(SCC(=O)Nc3sccc3C#N)n(-c3ccc(C)c(C)c3)c(=O)c12. The maximum Gasteiger partial charge on any atom is 0.267 e. The van der Waals surface area contributed by atoms with Crippen LogP contribution in [0.4, 0.5) is 5.00 Å². The zero-order chi connectivity index (χ0) is 23.7. The highest BCUT2D eigenvalue weighted by Gasteiger charge is 2.20. The molecule has 0 bridgehead atoms. The van der Waals surface area contributed by atoms with Crippen LogP contribution in [-0.2, 0) is 11.2 Å². The first-order chi connectivity index (χ1) is 15.8. The Bertz CT molecular complexity index is 1470. The molecule has 1 N–H and O–H groups in total. The number of hydrogen-bond donors (Lipinski definition) is 1. The molecular formula is C24H22N4O2S3. The third kappa shape index (κ3) is 4.47. The van der Waals surface area contributed by atoms with E-state index in [4.69, 9.17) is 10.2 Å². The number of rotatable bonds is 6. The Morgan fingerprint density at radius 3 is 2.73 bits per heavy atom. The summed E-state index contributed by atoms with van der Waals surface area (Å²) < 4.78 is 1.61. The van der Waals surface area contributed by atoms with E-state index in [2.05, 4.69) is 11.4 Å². The lowest BCUT2D eigenvalue weighted by Gasteiger charge is -2.14. The average Bonchev–Trinajstić information content (AvgIpc) is 3.37. The summed E-state index contributed by atoms with van der Waals surface area (Å²) in [7, 11) is 0. The number of carbonyl (C=O) groups excluding carboxylic acids is 1. The van der Waals surface area contributed by atoms with E-state index in [0.717, 1.165) is 33.7 Å². The topological polar surface area (TPSA) is 87.8 Å². The van der Waals surface area contributed by atoms with Gasteiger partial charge in [0.1, 0.15) is 15.9 Å². The van der Waals surface area contributed by atoms with Gasteiger partial charge in [0.15, 0.2) is 5.16 Å². The molecule has 33 heavy (non-hydrogen) atoms. The number of thiophene rings is 2. The first-order valence-electron chi connectivity index (χ1n) is 10.4. The van der Waals surface area contributed by atoms with Crippen molar-refractivity contribution in [2.24, 2.45) is 0 Å². The minimum atomic E-state index is -0.253. The summed E-state index contributed by atoms with van der Waals surface area (Å²) in [4.78, 5) is 32.9. The third-order valence-electron chi connectivity index (χ3n) is 5.47. The van der Waals surface area contributed by atoms with Crippen LogP contribution in [-0.4, -0.2) is 21.2 Å². The molecule has 0 fully saturated rings. The largest absolute Gasteiger partial charge is 0.316 e. The molecule has 0 saturated heterocycles. The number of amides is 1. The van der Waals surface area contributed by atoms with E-state index < -0.39 is 0 Å². The van der Waals surface area contributed by atoms with Crippen molar-refractivity contribution in [1.82, 2.24) is 9.55 Å². The summed E-state index contributed by atoms with van der Waals surface area (Å²) in [6, 6.07) is 9.62. The van der Waals surface area contributed by atoms with Gasteiger partial charge < -0.3 is 5.32 Å². The van der Waals surface area contributed by atoms with Gasteiger partial charge >= 0.3 is 0 Å². The van der Waals surface area contributed by atoms with E-state index in [0.29, 0.717) is 25.9 Å². The van der Waals surface area contributed by atoms with Gasteiger partial charge in [0.05, 0.1) is 22.4 Å². The smallest absolute Gasteiger partial charge is 0.267 e. The molecular weight excluding hydrogens is 472 g/mol. The van der Waals surface area contributed by atoms with Gasteiger partial charge in [0, 0.05) is 4.88 Å². The lowest BCUT2D eigenvalue weighted by Crippen LogP contribution is -2.23. The lowest BCUT2D eigenvalue weighted by atomic mass is 10.1. The van der Waals surface area contributed by atoms with Crippen LogP contribution in [0.2, 0.25) is 0 Å². The van der Waals surface area contributed by atoms with Gasteiger partial charge in [-0.2, -0.15) is 5.26 Å². The number of thioether (sulfide) groups is 1. The number of nitrogens with one attached hydrogen (secondary N) is 1. The van der Waals surface area contributed by atoms with Gasteiger partial charge in [-0.1, -0.05) is 24.8 Å². The molecule has 6 nitrogen and oxygen atoms in total. The Labute approximate surface area is 203 Å². The summed E-state index contributed by atoms with van der Waals surface area (Å²) >= 11 is 4.03. The Hall–Kier alpha value is -2.93. The second-order valence-electron chi connectivity index (χ2n) is 7.59. The summed E-state index contributed by atoms with van der Waals surface area (Å²) in [5, 5.41) is 15.4. The predicted octanol–water partition coefficient (Wildman–Crippen LogP) is 5.60. The minimum Gasteiger partial charge on any atom is -0.316 e. The van der Waals surface area contributed by atoms with Crippen LogP contribution in [0.1, 0.15) is 34.1 Å². The van der Waals surface area contributed by atoms with Crippen molar-refractivity contribution in [3.63, 3.8) is 0 Å². The molecule has 0 aliphatic rings. The standard InChI is InChI=1S/C24H22N4O2S3/c1-5-18-15(4)33-22-20(18)23(30)28(17-7-6-13(2)14(3)10-17)24(27-22)32-12-19(29)26-21-16(11-25)8-9-31-21/h6-10H,5,12H2,1-4H3,(H,26,29). The van der Waals surface area contributed by atoms with Crippen molar-refractivity contribution in [3.8, 4) is 11.8 Å². The summed E-state index contributed by atoms with van der Waals surface area (Å²) in [5.74, 6) is -0.187. The third-order valence-corrected chi connectivity index (χ3v) is 8.28. The van der Waals surface area contributed by atoms with E-state index in [1.807, 2.05) is 45.9 Å². The molecule has 1 amide bonds. The molecule has 3 aromatic heterocycles. The highest BCUT2D eigenvalue weighted by molar-refractivity contribution is 7.99. The highest BCUT2D eigenvalue weighted by atomic mass is 32.2. The van der Waals surface area contributed by atoms with Crippen molar-refractivity contribution in [2.45, 2.75) is 39.3 Å². The molecule has 1 aromatic carbocycles. The lowest BCUT2D eigenvalue weighted by molar-refractivity contribution is -0.113. The van der Waals surface area contributed by atoms with E-state index in [1.165, 1.54) is 34.4 Å². The van der Waals surface area contributed by atoms with E-state index in [1.54, 1.807) is 16.0 Å². The molecule has 0 saturated carbocycles. The molecule has 0 spiro atoms. The summed E-state index contributed by atoms with van der Waals surface area (Å²) in [6.45, 7) is 8.09. The van der Waals surface area contributed by atoms with Crippen molar-refractivity contribution in [1.29, 1.82) is 5.26 Å². The second kappa shape index (κ2) is 9.51. The second-order valence-corrected chi connectivity index (χ2v) is 10.6. The molecule has 0 radical (unpaired) electrons. The Morgan fingerprint density at radius 2 is 2.03 bits per heavy atom. The molecule has 0 atom stereocenters. The van der Waals surface area contributed by atoms with Crippen molar-refractivity contribution < 1.29 is 4.79 Å². The van der Waals surface area contributed by atoms with Gasteiger partial charge in [-0.05, 0) is 67.5 Å². The number of fused-ring (bicyclic) bond motifs is 1. The number of benzene rings is 1. The Morgan fingerprint density at radius 1 is 1.24 bits per heavy atom. The maximum atomic E-state index is 13.7. The van der Waals surface area contributed by atoms with Crippen LogP contribution < -0.4 is 10.9 Å². The molecule has 168 valence electrons. The Balaban J connectivity index is 1.76. The highest BCUT2D eigenvalue weighted by Crippen LogP contribution is 2.31. The van der Waals surface area contributed by atoms with Crippen LogP contribution in [0.3, 0.4) is 0 Å². The van der Waals surface area contributed by atoms with Gasteiger partial charge in [0.25, 0.3) is 5.56 Å². The van der Waals surface area contributed by atoms with Crippen molar-refractivity contribution in [3.05, 3.63) is 67.1 Å². The number of aryl methyl sites for hydroxylation is 4. The number of carbonyl (C=O) groups is 1. The van der Waals surface area contributed by atoms with Crippen LogP contribution in [0.15, 0.2) is 39.6 Å². The van der Waals surface area contributed by atoms with Gasteiger partial charge in [0.2, 0.25) is 5.91 Å².